The van der Waals surface area contributed by atoms with Crippen molar-refractivity contribution >= 4 is 110 Å². The molecule has 0 aromatic carbocycles. The molecule has 0 aromatic heterocycles. The molecule has 0 aliphatic carbocycles. The molecule has 10 heteroatoms. The lowest BCUT2D eigenvalue weighted by Crippen LogP contribution is -2.34. The normalized spacial score (nSPS) is 17.7. The maximum absolute atomic E-state index is 9.44. The van der Waals surface area contributed by atoms with Gasteiger partial charge in [0.2, 0.25) is 0 Å². The number of carbonyl (C=O) groups excluding carboxylic acids is 1. The molecule has 0 radical (unpaired) electrons. The van der Waals surface area contributed by atoms with Crippen LogP contribution in [-0.2, 0) is 4.79 Å². The van der Waals surface area contributed by atoms with E-state index in [9.17, 15) is 4.79 Å². The van der Waals surface area contributed by atoms with Crippen LogP contribution in [0.3, 0.4) is 0 Å². The lowest BCUT2D eigenvalue weighted by Gasteiger charge is -2.47. The lowest BCUT2D eigenvalue weighted by molar-refractivity contribution is -0.114. The van der Waals surface area contributed by atoms with E-state index in [0.717, 1.165) is 4.86 Å². The summed E-state index contributed by atoms with van der Waals surface area (Å²) in [6, 6.07) is 0. The molecular formula is C21H48O2S8. The maximum Gasteiger partial charge on any atom is 0.126 e. The number of Topliss-reactive ketones (excluding diaryl/α,β-unsaturated/α-hetero) is 1. The molecule has 0 spiro atoms. The van der Waals surface area contributed by atoms with Gasteiger partial charge in [0.05, 0.1) is 12.2 Å². The molecule has 1 aliphatic heterocycles. The highest BCUT2D eigenvalue weighted by Crippen LogP contribution is 2.63. The number of thiol groups is 3. The van der Waals surface area contributed by atoms with E-state index < -0.39 is 4.93 Å². The van der Waals surface area contributed by atoms with Crippen molar-refractivity contribution in [3.8, 4) is 0 Å². The minimum Gasteiger partial charge on any atom is -0.380 e. The fourth-order valence-corrected chi connectivity index (χ4v) is 10.1. The summed E-state index contributed by atoms with van der Waals surface area (Å²) in [5.41, 5.74) is 0. The van der Waals surface area contributed by atoms with Crippen molar-refractivity contribution in [2.45, 2.75) is 118 Å². The number of hydrogen-bond donors (Lipinski definition) is 4. The summed E-state index contributed by atoms with van der Waals surface area (Å²) in [4.78, 5) is 9.64. The summed E-state index contributed by atoms with van der Waals surface area (Å²) < 4.78 is 0.967. The smallest absolute Gasteiger partial charge is 0.126 e. The van der Waals surface area contributed by atoms with Gasteiger partial charge in [-0.3, -0.25) is 0 Å². The van der Waals surface area contributed by atoms with Crippen LogP contribution in [0, 0.1) is 0 Å². The number of rotatable bonds is 0. The van der Waals surface area contributed by atoms with Crippen LogP contribution in [0.4, 0.5) is 0 Å². The third-order valence-electron chi connectivity index (χ3n) is 1.47. The summed E-state index contributed by atoms with van der Waals surface area (Å²) in [5, 5.41) is 8.39. The van der Waals surface area contributed by atoms with E-state index in [-0.39, 0.29) is 23.4 Å². The molecule has 0 bridgehead atoms. The van der Waals surface area contributed by atoms with Crippen LogP contribution in [0.5, 0.6) is 0 Å². The summed E-state index contributed by atoms with van der Waals surface area (Å²) in [6.07, 6.45) is 0. The molecule has 2 nitrogen and oxygen atoms in total. The molecule has 0 aromatic rings. The minimum absolute atomic E-state index is 0. The SMILES string of the molecule is CC(C)(O)S.CC(C)(S)S.CC(C)=O.CC(C)=S.CC1(C)SC(C)(C)SC(C)(C)S1.S. The third kappa shape index (κ3) is 72.0. The zero-order valence-corrected chi connectivity index (χ0v) is 28.8. The predicted octanol–water partition coefficient (Wildman–Crippen LogP) is 8.74. The second-order valence-corrected chi connectivity index (χ2v) is 21.3. The van der Waals surface area contributed by atoms with Crippen LogP contribution in [0.2, 0.25) is 0 Å². The van der Waals surface area contributed by atoms with Gasteiger partial charge in [0.1, 0.15) is 10.7 Å². The number of hydrogen-bond acceptors (Lipinski definition) is 9. The van der Waals surface area contributed by atoms with Crippen molar-refractivity contribution in [2.75, 3.05) is 0 Å². The van der Waals surface area contributed by atoms with E-state index in [1.54, 1.807) is 13.8 Å². The van der Waals surface area contributed by atoms with Crippen LogP contribution in [-0.4, -0.2) is 37.0 Å². The van der Waals surface area contributed by atoms with Gasteiger partial charge in [-0.2, -0.15) is 38.8 Å². The number of thiocarbonyl (C=S) groups is 1. The Balaban J connectivity index is -0.000000101. The van der Waals surface area contributed by atoms with E-state index in [0.29, 0.717) is 12.2 Å². The van der Waals surface area contributed by atoms with Crippen LogP contribution in [0.15, 0.2) is 0 Å². The zero-order chi connectivity index (χ0) is 25.8. The highest BCUT2D eigenvalue weighted by Gasteiger charge is 2.44. The van der Waals surface area contributed by atoms with Gasteiger partial charge < -0.3 is 9.90 Å². The van der Waals surface area contributed by atoms with E-state index in [1.165, 1.54) is 13.8 Å². The molecule has 192 valence electrons. The van der Waals surface area contributed by atoms with Gasteiger partial charge in [0.25, 0.3) is 0 Å². The highest BCUT2D eigenvalue weighted by molar-refractivity contribution is 8.35. The van der Waals surface area contributed by atoms with Crippen molar-refractivity contribution in [1.82, 2.24) is 0 Å². The molecule has 1 fully saturated rings. The fourth-order valence-electron chi connectivity index (χ4n) is 1.84. The van der Waals surface area contributed by atoms with Crippen molar-refractivity contribution in [2.24, 2.45) is 0 Å². The molecule has 0 saturated carbocycles. The average molecular weight is 589 g/mol. The maximum atomic E-state index is 9.44. The number of ketones is 1. The van der Waals surface area contributed by atoms with Gasteiger partial charge >= 0.3 is 0 Å². The van der Waals surface area contributed by atoms with Gasteiger partial charge in [-0.1, -0.05) is 12.2 Å². The van der Waals surface area contributed by atoms with E-state index >= 15 is 0 Å². The molecule has 1 saturated heterocycles. The first kappa shape index (κ1) is 43.3. The molecule has 1 aliphatic rings. The van der Waals surface area contributed by atoms with Crippen molar-refractivity contribution in [3.05, 3.63) is 0 Å². The summed E-state index contributed by atoms with van der Waals surface area (Å²) in [6.45, 7) is 27.8. The number of carbonyl (C=O) groups is 1. The van der Waals surface area contributed by atoms with Crippen LogP contribution in [0.25, 0.3) is 0 Å². The molecule has 1 heterocycles. The summed E-state index contributed by atoms with van der Waals surface area (Å²) in [7, 11) is 0. The highest BCUT2D eigenvalue weighted by atomic mass is 32.3. The second kappa shape index (κ2) is 18.4. The Kier molecular flexibility index (Phi) is 25.7. The lowest BCUT2D eigenvalue weighted by atomic mass is 10.5. The Labute approximate surface area is 235 Å². The summed E-state index contributed by atoms with van der Waals surface area (Å²) in [5.74, 6) is 0.167. The average Bonchev–Trinajstić information content (AvgIpc) is 2.12. The van der Waals surface area contributed by atoms with Gasteiger partial charge in [0.15, 0.2) is 0 Å². The fraction of sp³-hybridized carbons (Fsp3) is 0.905. The first-order chi connectivity index (χ1) is 12.6. The Morgan fingerprint density at radius 1 is 0.742 bits per heavy atom. The van der Waals surface area contributed by atoms with Gasteiger partial charge in [-0.15, -0.1) is 47.9 Å². The Morgan fingerprint density at radius 3 is 0.871 bits per heavy atom. The third-order valence-corrected chi connectivity index (χ3v) is 5.92. The Bertz CT molecular complexity index is 401. The molecule has 1 N–H and O–H groups in total. The predicted molar refractivity (Wildman–Crippen MR) is 173 cm³/mol. The van der Waals surface area contributed by atoms with E-state index in [4.69, 9.17) is 5.11 Å². The number of aliphatic hydroxyl groups is 1. The molecule has 0 unspecified atom stereocenters. The Morgan fingerprint density at radius 2 is 0.806 bits per heavy atom. The molecular weight excluding hydrogens is 541 g/mol. The minimum atomic E-state index is -0.806. The standard InChI is InChI=1S/C9H18S3.C3H8OS.C3H6O.C3H8S2.C3H6S.H2S/c1-7(2)10-8(3,4)12-9(5,6)11-7;1-3(2,4)5;1-3(2)4;1-3(2,4)5;1-3(2)4;/h1-6H3;4-5H,1-2H3;1-2H3;4-5H,1-2H3;1-2H3;1H2. The van der Waals surface area contributed by atoms with Crippen LogP contribution >= 0.6 is 98.9 Å². The van der Waals surface area contributed by atoms with E-state index in [2.05, 4.69) is 127 Å². The van der Waals surface area contributed by atoms with Crippen molar-refractivity contribution in [3.63, 3.8) is 0 Å². The van der Waals surface area contributed by atoms with Gasteiger partial charge in [-0.05, 0) is 102 Å². The molecule has 0 amide bonds. The van der Waals surface area contributed by atoms with Crippen molar-refractivity contribution in [1.29, 1.82) is 0 Å². The van der Waals surface area contributed by atoms with Gasteiger partial charge in [-0.25, -0.2) is 0 Å². The van der Waals surface area contributed by atoms with Gasteiger partial charge in [0, 0.05) is 4.08 Å². The van der Waals surface area contributed by atoms with E-state index in [1.807, 2.05) is 27.7 Å². The first-order valence-electron chi connectivity index (χ1n) is 9.53. The largest absolute Gasteiger partial charge is 0.380 e. The topological polar surface area (TPSA) is 37.3 Å². The molecule has 31 heavy (non-hydrogen) atoms. The monoisotopic (exact) mass is 588 g/mol. The first-order valence-corrected chi connectivity index (χ1v) is 13.7. The number of thioether (sulfide) groups is 3. The van der Waals surface area contributed by atoms with Crippen LogP contribution in [0.1, 0.15) is 96.9 Å². The molecule has 0 atom stereocenters. The molecule has 1 rings (SSSR count). The Hall–Kier alpha value is 2.17. The van der Waals surface area contributed by atoms with Crippen LogP contribution < -0.4 is 0 Å². The zero-order valence-electron chi connectivity index (χ0n) is 21.8. The second-order valence-electron chi connectivity index (χ2n) is 9.31. The summed E-state index contributed by atoms with van der Waals surface area (Å²) >= 11 is 22.4. The van der Waals surface area contributed by atoms with Crippen molar-refractivity contribution < 1.29 is 9.90 Å². The quantitative estimate of drug-likeness (QED) is 0.129.